The zero-order valence-corrected chi connectivity index (χ0v) is 17.2. The molecule has 1 amide bonds. The number of aromatic nitrogens is 2. The summed E-state index contributed by atoms with van der Waals surface area (Å²) < 4.78 is 5.59. The number of piperidine rings is 1. The van der Waals surface area contributed by atoms with Crippen LogP contribution in [0.1, 0.15) is 20.3 Å². The minimum Gasteiger partial charge on any atom is -0.411 e. The van der Waals surface area contributed by atoms with Crippen LogP contribution in [0.3, 0.4) is 0 Å². The van der Waals surface area contributed by atoms with Crippen LogP contribution in [-0.2, 0) is 4.79 Å². The maximum absolute atomic E-state index is 12.0. The summed E-state index contributed by atoms with van der Waals surface area (Å²) >= 11 is 7.12. The summed E-state index contributed by atoms with van der Waals surface area (Å²) in [5.41, 5.74) is 0.799. The molecule has 0 spiro atoms. The molecule has 0 bridgehead atoms. The van der Waals surface area contributed by atoms with Gasteiger partial charge in [-0.3, -0.25) is 4.79 Å². The quantitative estimate of drug-likeness (QED) is 0.706. The first-order valence-electron chi connectivity index (χ1n) is 9.21. The maximum atomic E-state index is 12.0. The monoisotopic (exact) mass is 408 g/mol. The highest BCUT2D eigenvalue weighted by atomic mass is 35.5. The van der Waals surface area contributed by atoms with Crippen LogP contribution in [0.2, 0.25) is 5.02 Å². The number of thioether (sulfide) groups is 1. The molecule has 27 heavy (non-hydrogen) atoms. The van der Waals surface area contributed by atoms with E-state index in [-0.39, 0.29) is 11.7 Å². The van der Waals surface area contributed by atoms with Gasteiger partial charge in [0.05, 0.1) is 5.75 Å². The molecule has 0 aliphatic carbocycles. The molecule has 2 heterocycles. The van der Waals surface area contributed by atoms with Gasteiger partial charge in [0, 0.05) is 36.8 Å². The Kier molecular flexibility index (Phi) is 7.15. The van der Waals surface area contributed by atoms with Crippen LogP contribution in [0.25, 0.3) is 11.5 Å². The van der Waals surface area contributed by atoms with Crippen LogP contribution in [0, 0.1) is 11.8 Å². The molecule has 3 rings (SSSR count). The van der Waals surface area contributed by atoms with Crippen molar-refractivity contribution in [3.8, 4) is 11.5 Å². The maximum Gasteiger partial charge on any atom is 0.277 e. The second-order valence-corrected chi connectivity index (χ2v) is 8.59. The summed E-state index contributed by atoms with van der Waals surface area (Å²) in [7, 11) is 0. The lowest BCUT2D eigenvalue weighted by Gasteiger charge is -2.34. The first-order chi connectivity index (χ1) is 13.0. The van der Waals surface area contributed by atoms with Gasteiger partial charge in [-0.15, -0.1) is 10.2 Å². The van der Waals surface area contributed by atoms with Gasteiger partial charge in [-0.25, -0.2) is 0 Å². The van der Waals surface area contributed by atoms with Crippen molar-refractivity contribution in [1.82, 2.24) is 20.4 Å². The number of nitrogens with one attached hydrogen (secondary N) is 1. The van der Waals surface area contributed by atoms with Crippen molar-refractivity contribution in [2.24, 2.45) is 11.8 Å². The molecule has 1 aromatic carbocycles. The van der Waals surface area contributed by atoms with E-state index in [9.17, 15) is 4.79 Å². The highest BCUT2D eigenvalue weighted by Gasteiger charge is 2.21. The predicted octanol–water partition coefficient (Wildman–Crippen LogP) is 3.58. The van der Waals surface area contributed by atoms with Crippen molar-refractivity contribution >= 4 is 29.3 Å². The number of hydrogen-bond donors (Lipinski definition) is 1. The Morgan fingerprint density at radius 3 is 2.67 bits per heavy atom. The third kappa shape index (κ3) is 6.23. The van der Waals surface area contributed by atoms with Crippen molar-refractivity contribution in [3.05, 3.63) is 29.3 Å². The van der Waals surface area contributed by atoms with Crippen molar-refractivity contribution in [2.75, 3.05) is 31.9 Å². The molecule has 2 atom stereocenters. The van der Waals surface area contributed by atoms with Crippen LogP contribution in [0.5, 0.6) is 0 Å². The zero-order chi connectivity index (χ0) is 19.2. The van der Waals surface area contributed by atoms with Gasteiger partial charge in [0.1, 0.15) is 0 Å². The summed E-state index contributed by atoms with van der Waals surface area (Å²) in [6.45, 7) is 8.38. The number of hydrogen-bond acceptors (Lipinski definition) is 6. The Balaban J connectivity index is 1.39. The van der Waals surface area contributed by atoms with E-state index in [1.165, 1.54) is 18.2 Å². The Morgan fingerprint density at radius 2 is 1.96 bits per heavy atom. The number of nitrogens with zero attached hydrogens (tertiary/aromatic N) is 3. The van der Waals surface area contributed by atoms with E-state index in [0.29, 0.717) is 22.7 Å². The van der Waals surface area contributed by atoms with E-state index in [1.807, 2.05) is 12.1 Å². The fourth-order valence-electron chi connectivity index (χ4n) is 3.48. The minimum atomic E-state index is -0.0238. The molecule has 1 saturated heterocycles. The predicted molar refractivity (Wildman–Crippen MR) is 108 cm³/mol. The molecule has 2 aromatic rings. The van der Waals surface area contributed by atoms with Gasteiger partial charge in [-0.2, -0.15) is 0 Å². The summed E-state index contributed by atoms with van der Waals surface area (Å²) in [4.78, 5) is 14.5. The number of likely N-dealkylation sites (tertiary alicyclic amines) is 1. The first-order valence-corrected chi connectivity index (χ1v) is 10.6. The first kappa shape index (κ1) is 20.2. The van der Waals surface area contributed by atoms with Gasteiger partial charge < -0.3 is 14.6 Å². The highest BCUT2D eigenvalue weighted by Crippen LogP contribution is 2.24. The molecular formula is C19H25ClN4O2S. The number of benzene rings is 1. The molecule has 6 nitrogen and oxygen atoms in total. The van der Waals surface area contributed by atoms with Crippen molar-refractivity contribution in [1.29, 1.82) is 0 Å². The Hall–Kier alpha value is -1.57. The number of carbonyl (C=O) groups excluding carboxylic acids is 1. The van der Waals surface area contributed by atoms with E-state index in [2.05, 4.69) is 34.3 Å². The van der Waals surface area contributed by atoms with Crippen molar-refractivity contribution < 1.29 is 9.21 Å². The lowest BCUT2D eigenvalue weighted by atomic mass is 9.92. The molecule has 8 heteroatoms. The number of halogens is 1. The fourth-order valence-corrected chi connectivity index (χ4v) is 4.20. The third-order valence-corrected chi connectivity index (χ3v) is 5.59. The topological polar surface area (TPSA) is 71.3 Å². The van der Waals surface area contributed by atoms with E-state index in [1.54, 1.807) is 12.1 Å². The van der Waals surface area contributed by atoms with Gasteiger partial charge in [-0.05, 0) is 42.5 Å². The number of amides is 1. The van der Waals surface area contributed by atoms with Crippen LogP contribution >= 0.6 is 23.4 Å². The molecule has 1 aliphatic rings. The summed E-state index contributed by atoms with van der Waals surface area (Å²) in [6, 6.07) is 7.18. The second kappa shape index (κ2) is 9.57. The molecule has 0 saturated carbocycles. The second-order valence-electron chi connectivity index (χ2n) is 7.22. The van der Waals surface area contributed by atoms with Crippen LogP contribution in [-0.4, -0.2) is 52.9 Å². The summed E-state index contributed by atoms with van der Waals surface area (Å²) in [6.07, 6.45) is 1.29. The fraction of sp³-hybridized carbons (Fsp3) is 0.526. The minimum absolute atomic E-state index is 0.0238. The average Bonchev–Trinajstić information content (AvgIpc) is 3.09. The van der Waals surface area contributed by atoms with Crippen molar-refractivity contribution in [2.45, 2.75) is 25.5 Å². The molecule has 2 unspecified atom stereocenters. The smallest absolute Gasteiger partial charge is 0.277 e. The van der Waals surface area contributed by atoms with Gasteiger partial charge >= 0.3 is 0 Å². The van der Waals surface area contributed by atoms with E-state index in [4.69, 9.17) is 16.0 Å². The summed E-state index contributed by atoms with van der Waals surface area (Å²) in [5.74, 6) is 2.11. The average molecular weight is 409 g/mol. The highest BCUT2D eigenvalue weighted by molar-refractivity contribution is 7.99. The van der Waals surface area contributed by atoms with E-state index < -0.39 is 0 Å². The van der Waals surface area contributed by atoms with Gasteiger partial charge in [0.2, 0.25) is 11.8 Å². The Bertz CT molecular complexity index is 742. The standard InChI is InChI=1S/C19H25ClN4O2S/c1-13-9-14(2)11-24(10-13)8-7-21-17(25)12-27-19-23-22-18(26-19)15-3-5-16(20)6-4-15/h3-6,13-14H,7-12H2,1-2H3,(H,21,25). The van der Waals surface area contributed by atoms with Crippen LogP contribution < -0.4 is 5.32 Å². The Labute approximate surface area is 169 Å². The number of rotatable bonds is 7. The summed E-state index contributed by atoms with van der Waals surface area (Å²) in [5, 5.41) is 12.0. The molecule has 1 fully saturated rings. The molecular weight excluding hydrogens is 384 g/mol. The zero-order valence-electron chi connectivity index (χ0n) is 15.7. The lowest BCUT2D eigenvalue weighted by molar-refractivity contribution is -0.118. The Morgan fingerprint density at radius 1 is 1.26 bits per heavy atom. The van der Waals surface area contributed by atoms with Crippen LogP contribution in [0.4, 0.5) is 0 Å². The van der Waals surface area contributed by atoms with Gasteiger partial charge in [0.25, 0.3) is 5.22 Å². The van der Waals surface area contributed by atoms with Crippen LogP contribution in [0.15, 0.2) is 33.9 Å². The third-order valence-electron chi connectivity index (χ3n) is 4.52. The number of carbonyl (C=O) groups is 1. The van der Waals surface area contributed by atoms with Gasteiger partial charge in [0.15, 0.2) is 0 Å². The molecule has 146 valence electrons. The normalized spacial score (nSPS) is 20.6. The molecule has 1 aliphatic heterocycles. The SMILES string of the molecule is CC1CC(C)CN(CCNC(=O)CSc2nnc(-c3ccc(Cl)cc3)o2)C1. The molecule has 1 N–H and O–H groups in total. The lowest BCUT2D eigenvalue weighted by Crippen LogP contribution is -2.43. The van der Waals surface area contributed by atoms with Gasteiger partial charge in [-0.1, -0.05) is 37.2 Å². The van der Waals surface area contributed by atoms with Crippen molar-refractivity contribution in [3.63, 3.8) is 0 Å². The molecule has 1 aromatic heterocycles. The van der Waals surface area contributed by atoms with E-state index in [0.717, 1.165) is 37.0 Å². The van der Waals surface area contributed by atoms with E-state index >= 15 is 0 Å². The largest absolute Gasteiger partial charge is 0.411 e. The molecule has 0 radical (unpaired) electrons.